The van der Waals surface area contributed by atoms with Crippen molar-refractivity contribution < 1.29 is 23.1 Å². The number of benzene rings is 1. The number of nitrogens with one attached hydrogen (secondary N) is 1. The lowest BCUT2D eigenvalue weighted by Gasteiger charge is -2.39. The topological polar surface area (TPSA) is 52.6 Å². The highest BCUT2D eigenvalue weighted by molar-refractivity contribution is 5.90. The summed E-state index contributed by atoms with van der Waals surface area (Å²) >= 11 is 0. The largest absolute Gasteiger partial charge is 0.416 e. The van der Waals surface area contributed by atoms with Crippen LogP contribution in [0.3, 0.4) is 0 Å². The Bertz CT molecular complexity index is 575. The van der Waals surface area contributed by atoms with Crippen LogP contribution in [0.2, 0.25) is 0 Å². The molecule has 2 atom stereocenters. The summed E-state index contributed by atoms with van der Waals surface area (Å²) in [5, 5.41) is 12.0. The zero-order valence-electron chi connectivity index (χ0n) is 13.2. The van der Waals surface area contributed by atoms with Crippen molar-refractivity contribution in [1.29, 1.82) is 0 Å². The quantitative estimate of drug-likeness (QED) is 0.870. The molecule has 0 radical (unpaired) electrons. The number of rotatable bonds is 2. The summed E-state index contributed by atoms with van der Waals surface area (Å²) in [4.78, 5) is 13.9. The number of amides is 2. The average molecular weight is 330 g/mol. The molecule has 0 spiro atoms. The molecule has 1 aliphatic heterocycles. The van der Waals surface area contributed by atoms with Gasteiger partial charge in [-0.15, -0.1) is 0 Å². The number of alkyl halides is 3. The second-order valence-electron chi connectivity index (χ2n) is 6.02. The summed E-state index contributed by atoms with van der Waals surface area (Å²) in [7, 11) is 0. The van der Waals surface area contributed by atoms with Gasteiger partial charge in [0, 0.05) is 12.2 Å². The molecule has 1 fully saturated rings. The fourth-order valence-electron chi connectivity index (χ4n) is 2.90. The Kier molecular flexibility index (Phi) is 5.19. The van der Waals surface area contributed by atoms with Crippen LogP contribution in [0.1, 0.15) is 30.9 Å². The molecule has 128 valence electrons. The maximum atomic E-state index is 12.8. The molecule has 0 aliphatic carbocycles. The Morgan fingerprint density at radius 2 is 2.13 bits per heavy atom. The molecule has 23 heavy (non-hydrogen) atoms. The molecule has 0 saturated carbocycles. The first kappa shape index (κ1) is 17.6. The number of aliphatic hydroxyl groups excluding tert-OH is 1. The fraction of sp³-hybridized carbons (Fsp3) is 0.562. The molecule has 2 rings (SSSR count). The molecular weight excluding hydrogens is 309 g/mol. The number of halogens is 3. The first-order valence-corrected chi connectivity index (χ1v) is 7.60. The number of hydrogen-bond acceptors (Lipinski definition) is 2. The van der Waals surface area contributed by atoms with Gasteiger partial charge in [0.05, 0.1) is 18.2 Å². The van der Waals surface area contributed by atoms with Crippen LogP contribution >= 0.6 is 0 Å². The van der Waals surface area contributed by atoms with Crippen molar-refractivity contribution in [2.45, 2.75) is 38.9 Å². The first-order valence-electron chi connectivity index (χ1n) is 7.60. The van der Waals surface area contributed by atoms with Crippen molar-refractivity contribution in [3.8, 4) is 0 Å². The highest BCUT2D eigenvalue weighted by Gasteiger charge is 2.33. The maximum absolute atomic E-state index is 12.8. The number of carbonyl (C=O) groups is 1. The van der Waals surface area contributed by atoms with Crippen molar-refractivity contribution in [2.24, 2.45) is 5.92 Å². The summed E-state index contributed by atoms with van der Waals surface area (Å²) in [5.74, 6) is 0.155. The van der Waals surface area contributed by atoms with Crippen LogP contribution in [0, 0.1) is 12.8 Å². The van der Waals surface area contributed by atoms with Crippen molar-refractivity contribution in [1.82, 2.24) is 4.90 Å². The minimum Gasteiger partial charge on any atom is -0.394 e. The minimum absolute atomic E-state index is 0.139. The van der Waals surface area contributed by atoms with Gasteiger partial charge in [-0.2, -0.15) is 13.2 Å². The van der Waals surface area contributed by atoms with Gasteiger partial charge in [0.1, 0.15) is 0 Å². The predicted octanol–water partition coefficient (Wildman–Crippen LogP) is 3.64. The second kappa shape index (κ2) is 6.78. The number of anilines is 1. The summed E-state index contributed by atoms with van der Waals surface area (Å²) in [6.07, 6.45) is -2.73. The standard InChI is InChI=1S/C16H21F3N2O2/c1-10-5-6-12(16(17,18)19)8-13(10)20-15(23)21-7-3-4-11(2)14(21)9-22/h5-6,8,11,14,22H,3-4,7,9H2,1-2H3,(H,20,23). The highest BCUT2D eigenvalue weighted by Crippen LogP contribution is 2.32. The molecular formula is C16H21F3N2O2. The molecule has 0 aromatic heterocycles. The number of carbonyl (C=O) groups excluding carboxylic acids is 1. The molecule has 2 N–H and O–H groups in total. The van der Waals surface area contributed by atoms with E-state index in [4.69, 9.17) is 0 Å². The molecule has 2 unspecified atom stereocenters. The molecule has 0 bridgehead atoms. The van der Waals surface area contributed by atoms with Crippen LogP contribution in [0.4, 0.5) is 23.7 Å². The van der Waals surface area contributed by atoms with Gasteiger partial charge >= 0.3 is 12.2 Å². The number of aryl methyl sites for hydroxylation is 1. The second-order valence-corrected chi connectivity index (χ2v) is 6.02. The number of aliphatic hydroxyl groups is 1. The maximum Gasteiger partial charge on any atom is 0.416 e. The van der Waals surface area contributed by atoms with E-state index in [0.29, 0.717) is 12.1 Å². The molecule has 4 nitrogen and oxygen atoms in total. The first-order chi connectivity index (χ1) is 10.7. The zero-order valence-corrected chi connectivity index (χ0v) is 13.2. The van der Waals surface area contributed by atoms with E-state index < -0.39 is 17.8 Å². The van der Waals surface area contributed by atoms with Gasteiger partial charge in [0.15, 0.2) is 0 Å². The van der Waals surface area contributed by atoms with Gasteiger partial charge in [-0.25, -0.2) is 4.79 Å². The third-order valence-electron chi connectivity index (χ3n) is 4.37. The summed E-state index contributed by atoms with van der Waals surface area (Å²) in [6.45, 7) is 3.92. The smallest absolute Gasteiger partial charge is 0.394 e. The number of hydrogen-bond donors (Lipinski definition) is 2. The fourth-order valence-corrected chi connectivity index (χ4v) is 2.90. The Morgan fingerprint density at radius 3 is 2.74 bits per heavy atom. The molecule has 1 aromatic carbocycles. The molecule has 1 aliphatic rings. The van der Waals surface area contributed by atoms with Crippen LogP contribution < -0.4 is 5.32 Å². The Balaban J connectivity index is 2.19. The number of likely N-dealkylation sites (tertiary alicyclic amines) is 1. The molecule has 2 amide bonds. The monoisotopic (exact) mass is 330 g/mol. The van der Waals surface area contributed by atoms with Gasteiger partial charge in [-0.1, -0.05) is 13.0 Å². The average Bonchev–Trinajstić information content (AvgIpc) is 2.48. The number of urea groups is 1. The third kappa shape index (κ3) is 3.96. The molecule has 1 saturated heterocycles. The zero-order chi connectivity index (χ0) is 17.2. The summed E-state index contributed by atoms with van der Waals surface area (Å²) in [6, 6.07) is 2.48. The lowest BCUT2D eigenvalue weighted by atomic mass is 9.91. The molecule has 1 aromatic rings. The SMILES string of the molecule is Cc1ccc(C(F)(F)F)cc1NC(=O)N1CCCC(C)C1CO. The Labute approximate surface area is 133 Å². The number of piperidine rings is 1. The van der Waals surface area contributed by atoms with E-state index in [1.807, 2.05) is 6.92 Å². The summed E-state index contributed by atoms with van der Waals surface area (Å²) in [5.41, 5.74) is -0.110. The predicted molar refractivity (Wildman–Crippen MR) is 81.2 cm³/mol. The lowest BCUT2D eigenvalue weighted by Crippen LogP contribution is -2.51. The normalized spacial score (nSPS) is 22.1. The van der Waals surface area contributed by atoms with Crippen LogP contribution in [0.15, 0.2) is 18.2 Å². The molecule has 7 heteroatoms. The third-order valence-corrected chi connectivity index (χ3v) is 4.37. The van der Waals surface area contributed by atoms with Crippen molar-refractivity contribution in [3.63, 3.8) is 0 Å². The van der Waals surface area contributed by atoms with Gasteiger partial charge < -0.3 is 15.3 Å². The van der Waals surface area contributed by atoms with Gasteiger partial charge in [0.2, 0.25) is 0 Å². The van der Waals surface area contributed by atoms with Crippen LogP contribution in [-0.4, -0.2) is 35.2 Å². The van der Waals surface area contributed by atoms with E-state index in [-0.39, 0.29) is 24.3 Å². The van der Waals surface area contributed by atoms with Crippen LogP contribution in [-0.2, 0) is 6.18 Å². The highest BCUT2D eigenvalue weighted by atomic mass is 19.4. The van der Waals surface area contributed by atoms with Gasteiger partial charge in [-0.3, -0.25) is 0 Å². The van der Waals surface area contributed by atoms with E-state index in [0.717, 1.165) is 25.0 Å². The van der Waals surface area contributed by atoms with E-state index in [1.165, 1.54) is 11.0 Å². The van der Waals surface area contributed by atoms with Crippen molar-refractivity contribution >= 4 is 11.7 Å². The van der Waals surface area contributed by atoms with E-state index in [9.17, 15) is 23.1 Å². The van der Waals surface area contributed by atoms with E-state index >= 15 is 0 Å². The summed E-state index contributed by atoms with van der Waals surface area (Å²) < 4.78 is 38.4. The minimum atomic E-state index is -4.46. The Hall–Kier alpha value is -1.76. The van der Waals surface area contributed by atoms with Crippen molar-refractivity contribution in [2.75, 3.05) is 18.5 Å². The van der Waals surface area contributed by atoms with E-state index in [2.05, 4.69) is 5.32 Å². The lowest BCUT2D eigenvalue weighted by molar-refractivity contribution is -0.137. The van der Waals surface area contributed by atoms with Crippen LogP contribution in [0.5, 0.6) is 0 Å². The number of nitrogens with zero attached hydrogens (tertiary/aromatic N) is 1. The Morgan fingerprint density at radius 1 is 1.43 bits per heavy atom. The van der Waals surface area contributed by atoms with Crippen LogP contribution in [0.25, 0.3) is 0 Å². The van der Waals surface area contributed by atoms with E-state index in [1.54, 1.807) is 6.92 Å². The van der Waals surface area contributed by atoms with Gasteiger partial charge in [0.25, 0.3) is 0 Å². The van der Waals surface area contributed by atoms with Gasteiger partial charge in [-0.05, 0) is 43.4 Å². The van der Waals surface area contributed by atoms with Crippen molar-refractivity contribution in [3.05, 3.63) is 29.3 Å². The molecule has 1 heterocycles.